The first-order valence-electron chi connectivity index (χ1n) is 8.54. The molecule has 1 N–H and O–H groups in total. The normalized spacial score (nSPS) is 10.5. The van der Waals surface area contributed by atoms with E-state index in [0.717, 1.165) is 12.1 Å². The van der Waals surface area contributed by atoms with Crippen molar-refractivity contribution in [1.82, 2.24) is 5.32 Å². The van der Waals surface area contributed by atoms with Gasteiger partial charge in [-0.25, -0.2) is 4.39 Å². The summed E-state index contributed by atoms with van der Waals surface area (Å²) in [5.41, 5.74) is 2.70. The largest absolute Gasteiger partial charge is 0.493 e. The smallest absolute Gasteiger partial charge is 0.166 e. The molecular formula is C22H22FNO2. The molecule has 3 aromatic rings. The van der Waals surface area contributed by atoms with Gasteiger partial charge in [-0.05, 0) is 17.7 Å². The highest BCUT2D eigenvalue weighted by Crippen LogP contribution is 2.32. The summed E-state index contributed by atoms with van der Waals surface area (Å²) in [4.78, 5) is 0. The van der Waals surface area contributed by atoms with Gasteiger partial charge in [-0.1, -0.05) is 60.7 Å². The van der Waals surface area contributed by atoms with Crippen molar-refractivity contribution in [3.63, 3.8) is 0 Å². The Morgan fingerprint density at radius 2 is 1.54 bits per heavy atom. The van der Waals surface area contributed by atoms with Gasteiger partial charge >= 0.3 is 0 Å². The number of hydrogen-bond donors (Lipinski definition) is 1. The van der Waals surface area contributed by atoms with Gasteiger partial charge in [0, 0.05) is 24.2 Å². The van der Waals surface area contributed by atoms with Crippen LogP contribution in [0.3, 0.4) is 0 Å². The molecule has 0 saturated heterocycles. The molecule has 3 rings (SSSR count). The standard InChI is InChI=1S/C22H22FNO2/c1-25-21-13-7-11-18(15-24-14-17-8-3-2-4-9-17)22(21)26-16-19-10-5-6-12-20(19)23/h2-13,24H,14-16H2,1H3. The molecule has 0 amide bonds. The third-order valence-corrected chi connectivity index (χ3v) is 4.10. The van der Waals surface area contributed by atoms with E-state index in [9.17, 15) is 4.39 Å². The van der Waals surface area contributed by atoms with Crippen LogP contribution in [0.25, 0.3) is 0 Å². The fourth-order valence-electron chi connectivity index (χ4n) is 2.73. The maximum Gasteiger partial charge on any atom is 0.166 e. The summed E-state index contributed by atoms with van der Waals surface area (Å²) >= 11 is 0. The molecule has 0 unspecified atom stereocenters. The third kappa shape index (κ3) is 4.61. The Labute approximate surface area is 153 Å². The second-order valence-corrected chi connectivity index (χ2v) is 5.92. The molecule has 3 aromatic carbocycles. The molecule has 0 saturated carbocycles. The van der Waals surface area contributed by atoms with E-state index in [4.69, 9.17) is 9.47 Å². The van der Waals surface area contributed by atoms with Crippen molar-refractivity contribution in [3.05, 3.63) is 95.3 Å². The van der Waals surface area contributed by atoms with Gasteiger partial charge in [0.1, 0.15) is 12.4 Å². The van der Waals surface area contributed by atoms with Crippen molar-refractivity contribution >= 4 is 0 Å². The predicted octanol–water partition coefficient (Wildman–Crippen LogP) is 4.70. The molecule has 134 valence electrons. The molecule has 0 aliphatic rings. The summed E-state index contributed by atoms with van der Waals surface area (Å²) < 4.78 is 25.2. The van der Waals surface area contributed by atoms with Crippen molar-refractivity contribution in [2.45, 2.75) is 19.7 Å². The van der Waals surface area contributed by atoms with Gasteiger partial charge in [-0.3, -0.25) is 0 Å². The number of ether oxygens (including phenoxy) is 2. The van der Waals surface area contributed by atoms with Crippen LogP contribution < -0.4 is 14.8 Å². The Bertz CT molecular complexity index is 837. The quantitative estimate of drug-likeness (QED) is 0.638. The van der Waals surface area contributed by atoms with Gasteiger partial charge in [0.25, 0.3) is 0 Å². The van der Waals surface area contributed by atoms with Crippen LogP contribution >= 0.6 is 0 Å². The van der Waals surface area contributed by atoms with Crippen LogP contribution in [0.15, 0.2) is 72.8 Å². The lowest BCUT2D eigenvalue weighted by Gasteiger charge is -2.16. The second kappa shape index (κ2) is 9.02. The zero-order valence-corrected chi connectivity index (χ0v) is 14.7. The van der Waals surface area contributed by atoms with Crippen LogP contribution in [0, 0.1) is 5.82 Å². The summed E-state index contributed by atoms with van der Waals surface area (Å²) in [5, 5.41) is 3.41. The van der Waals surface area contributed by atoms with E-state index in [1.54, 1.807) is 25.3 Å². The van der Waals surface area contributed by atoms with E-state index in [2.05, 4.69) is 17.4 Å². The number of methoxy groups -OCH3 is 1. The number of para-hydroxylation sites is 1. The zero-order chi connectivity index (χ0) is 18.2. The van der Waals surface area contributed by atoms with Gasteiger partial charge < -0.3 is 14.8 Å². The van der Waals surface area contributed by atoms with Crippen LogP contribution in [-0.4, -0.2) is 7.11 Å². The Morgan fingerprint density at radius 3 is 2.31 bits per heavy atom. The van der Waals surface area contributed by atoms with Crippen LogP contribution in [-0.2, 0) is 19.7 Å². The summed E-state index contributed by atoms with van der Waals surface area (Å²) in [6, 6.07) is 22.6. The van der Waals surface area contributed by atoms with Crippen LogP contribution in [0.4, 0.5) is 4.39 Å². The topological polar surface area (TPSA) is 30.5 Å². The molecular weight excluding hydrogens is 329 g/mol. The van der Waals surface area contributed by atoms with Gasteiger partial charge in [-0.2, -0.15) is 0 Å². The first-order valence-corrected chi connectivity index (χ1v) is 8.54. The van der Waals surface area contributed by atoms with E-state index >= 15 is 0 Å². The SMILES string of the molecule is COc1cccc(CNCc2ccccc2)c1OCc1ccccc1F. The highest BCUT2D eigenvalue weighted by Gasteiger charge is 2.12. The third-order valence-electron chi connectivity index (χ3n) is 4.10. The summed E-state index contributed by atoms with van der Waals surface area (Å²) in [6.07, 6.45) is 0. The average molecular weight is 351 g/mol. The van der Waals surface area contributed by atoms with Crippen LogP contribution in [0.5, 0.6) is 11.5 Å². The Hall–Kier alpha value is -2.85. The second-order valence-electron chi connectivity index (χ2n) is 5.92. The molecule has 4 heteroatoms. The maximum atomic E-state index is 13.8. The molecule has 3 nitrogen and oxygen atoms in total. The summed E-state index contributed by atoms with van der Waals surface area (Å²) in [7, 11) is 1.60. The predicted molar refractivity (Wildman–Crippen MR) is 101 cm³/mol. The maximum absolute atomic E-state index is 13.8. The molecule has 0 aromatic heterocycles. The van der Waals surface area contributed by atoms with Crippen molar-refractivity contribution in [2.24, 2.45) is 0 Å². The highest BCUT2D eigenvalue weighted by atomic mass is 19.1. The Kier molecular flexibility index (Phi) is 6.23. The minimum absolute atomic E-state index is 0.152. The number of nitrogens with one attached hydrogen (secondary N) is 1. The van der Waals surface area contributed by atoms with E-state index in [-0.39, 0.29) is 12.4 Å². The van der Waals surface area contributed by atoms with Crippen LogP contribution in [0.2, 0.25) is 0 Å². The first-order chi connectivity index (χ1) is 12.8. The van der Waals surface area contributed by atoms with E-state index in [0.29, 0.717) is 23.6 Å². The molecule has 0 heterocycles. The van der Waals surface area contributed by atoms with Crippen molar-refractivity contribution in [1.29, 1.82) is 0 Å². The first kappa shape index (κ1) is 18.0. The Morgan fingerprint density at radius 1 is 0.808 bits per heavy atom. The lowest BCUT2D eigenvalue weighted by atomic mass is 10.1. The minimum atomic E-state index is -0.272. The molecule has 26 heavy (non-hydrogen) atoms. The molecule has 0 radical (unpaired) electrons. The number of halogens is 1. The molecule has 0 bridgehead atoms. The van der Waals surface area contributed by atoms with Crippen molar-refractivity contribution in [3.8, 4) is 11.5 Å². The summed E-state index contributed by atoms with van der Waals surface area (Å²) in [5.74, 6) is 1.00. The average Bonchev–Trinajstić information content (AvgIpc) is 2.68. The highest BCUT2D eigenvalue weighted by molar-refractivity contribution is 5.46. The fourth-order valence-corrected chi connectivity index (χ4v) is 2.73. The molecule has 0 spiro atoms. The number of rotatable bonds is 8. The van der Waals surface area contributed by atoms with Gasteiger partial charge in [-0.15, -0.1) is 0 Å². The number of benzene rings is 3. The zero-order valence-electron chi connectivity index (χ0n) is 14.7. The van der Waals surface area contributed by atoms with Gasteiger partial charge in [0.05, 0.1) is 7.11 Å². The lowest BCUT2D eigenvalue weighted by Crippen LogP contribution is -2.14. The van der Waals surface area contributed by atoms with Crippen LogP contribution in [0.1, 0.15) is 16.7 Å². The van der Waals surface area contributed by atoms with E-state index in [1.165, 1.54) is 11.6 Å². The lowest BCUT2D eigenvalue weighted by molar-refractivity contribution is 0.276. The Balaban J connectivity index is 1.70. The van der Waals surface area contributed by atoms with E-state index < -0.39 is 0 Å². The molecule has 0 aliphatic carbocycles. The van der Waals surface area contributed by atoms with E-state index in [1.807, 2.05) is 36.4 Å². The van der Waals surface area contributed by atoms with Crippen molar-refractivity contribution in [2.75, 3.05) is 7.11 Å². The summed E-state index contributed by atoms with van der Waals surface area (Å²) in [6.45, 7) is 1.53. The molecule has 0 fully saturated rings. The minimum Gasteiger partial charge on any atom is -0.493 e. The van der Waals surface area contributed by atoms with Gasteiger partial charge in [0.15, 0.2) is 11.5 Å². The number of hydrogen-bond acceptors (Lipinski definition) is 3. The fraction of sp³-hybridized carbons (Fsp3) is 0.182. The monoisotopic (exact) mass is 351 g/mol. The van der Waals surface area contributed by atoms with Gasteiger partial charge in [0.2, 0.25) is 0 Å². The molecule has 0 aliphatic heterocycles. The molecule has 0 atom stereocenters. The van der Waals surface area contributed by atoms with Crippen molar-refractivity contribution < 1.29 is 13.9 Å².